The van der Waals surface area contributed by atoms with Crippen molar-refractivity contribution < 1.29 is 4.79 Å². The van der Waals surface area contributed by atoms with E-state index in [4.69, 9.17) is 10.7 Å². The van der Waals surface area contributed by atoms with Gasteiger partial charge < -0.3 is 16.0 Å². The fraction of sp³-hybridized carbons (Fsp3) is 0.286. The molecule has 9 heteroatoms. The second-order valence-electron chi connectivity index (χ2n) is 11.6. The van der Waals surface area contributed by atoms with Crippen LogP contribution in [0.15, 0.2) is 89.2 Å². The molecular formula is C35H37N7OS. The Hall–Kier alpha value is -4.63. The average Bonchev–Trinajstić information content (AvgIpc) is 3.44. The molecule has 224 valence electrons. The summed E-state index contributed by atoms with van der Waals surface area (Å²) in [6, 6.07) is 5.59. The number of anilines is 2. The number of hydrogen-bond acceptors (Lipinski definition) is 9. The second kappa shape index (κ2) is 12.2. The molecule has 2 aliphatic heterocycles. The highest BCUT2D eigenvalue weighted by Gasteiger charge is 2.36. The molecule has 3 atom stereocenters. The van der Waals surface area contributed by atoms with Crippen molar-refractivity contribution in [3.63, 3.8) is 0 Å². The van der Waals surface area contributed by atoms with Crippen molar-refractivity contribution >= 4 is 45.9 Å². The first-order chi connectivity index (χ1) is 21.2. The van der Waals surface area contributed by atoms with Crippen molar-refractivity contribution in [3.8, 4) is 11.3 Å². The molecule has 0 saturated heterocycles. The molecule has 0 saturated carbocycles. The van der Waals surface area contributed by atoms with Crippen LogP contribution in [0, 0.1) is 18.8 Å². The molecule has 2 aromatic heterocycles. The van der Waals surface area contributed by atoms with Crippen LogP contribution in [0.25, 0.3) is 16.8 Å². The zero-order valence-electron chi connectivity index (χ0n) is 25.5. The minimum absolute atomic E-state index is 0.0905. The van der Waals surface area contributed by atoms with Crippen LogP contribution in [-0.4, -0.2) is 44.4 Å². The Balaban J connectivity index is 1.40. The predicted molar refractivity (Wildman–Crippen MR) is 181 cm³/mol. The number of aromatic nitrogens is 3. The van der Waals surface area contributed by atoms with Gasteiger partial charge in [-0.05, 0) is 62.3 Å². The molecule has 0 bridgehead atoms. The van der Waals surface area contributed by atoms with E-state index in [-0.39, 0.29) is 17.8 Å². The van der Waals surface area contributed by atoms with Crippen molar-refractivity contribution in [1.82, 2.24) is 19.9 Å². The molecule has 3 N–H and O–H groups in total. The minimum atomic E-state index is -0.407. The van der Waals surface area contributed by atoms with Crippen molar-refractivity contribution in [2.24, 2.45) is 16.8 Å². The van der Waals surface area contributed by atoms with Crippen LogP contribution in [0.2, 0.25) is 0 Å². The van der Waals surface area contributed by atoms with Gasteiger partial charge in [0.25, 0.3) is 0 Å². The highest BCUT2D eigenvalue weighted by molar-refractivity contribution is 7.09. The lowest BCUT2D eigenvalue weighted by molar-refractivity contribution is 0.0946. The number of rotatable bonds is 8. The molecule has 0 spiro atoms. The standard InChI is InChI=1S/C35H37N7OS/c1-20-9-6-7-10-24(20)15-16-27-32(22(3)38-34-28(17-37-35(36)41-34)30-19-44-23(4)39-30)40-29-12-8-11-26(31(29)33(27)43)25-14-13-21(2)42(5)18-25/h6-8,10-14,17-20,22,27H,2,9,15-16H2,1,3-5H3,(H3,36,37,38,41)/t20?,22-,27?/m0/s1. The summed E-state index contributed by atoms with van der Waals surface area (Å²) in [6.07, 6.45) is 16.7. The van der Waals surface area contributed by atoms with E-state index in [0.717, 1.165) is 51.7 Å². The number of ketones is 1. The van der Waals surface area contributed by atoms with E-state index in [2.05, 4.69) is 52.0 Å². The summed E-state index contributed by atoms with van der Waals surface area (Å²) < 4.78 is 0. The van der Waals surface area contributed by atoms with Crippen LogP contribution >= 0.6 is 11.3 Å². The number of thiazole rings is 1. The number of nitrogen functional groups attached to an aromatic ring is 1. The van der Waals surface area contributed by atoms with Gasteiger partial charge in [0.2, 0.25) is 5.95 Å². The third-order valence-electron chi connectivity index (χ3n) is 8.55. The number of hydrogen-bond donors (Lipinski definition) is 2. The summed E-state index contributed by atoms with van der Waals surface area (Å²) in [5.41, 5.74) is 13.8. The predicted octanol–water partition coefficient (Wildman–Crippen LogP) is 7.54. The fourth-order valence-corrected chi connectivity index (χ4v) is 6.64. The Morgan fingerprint density at radius 3 is 2.82 bits per heavy atom. The molecule has 8 nitrogen and oxygen atoms in total. The van der Waals surface area contributed by atoms with Gasteiger partial charge in [-0.2, -0.15) is 4.98 Å². The third kappa shape index (κ3) is 5.79. The largest absolute Gasteiger partial charge is 0.368 e. The normalized spacial score (nSPS) is 20.2. The molecule has 1 aliphatic carbocycles. The smallest absolute Gasteiger partial charge is 0.221 e. The van der Waals surface area contributed by atoms with Gasteiger partial charge in [-0.15, -0.1) is 11.3 Å². The number of fused-ring (bicyclic) bond motifs is 1. The first kappa shape index (κ1) is 29.4. The van der Waals surface area contributed by atoms with E-state index in [1.807, 2.05) is 67.7 Å². The number of carbonyl (C=O) groups is 1. The summed E-state index contributed by atoms with van der Waals surface area (Å²) in [6.45, 7) is 10.3. The van der Waals surface area contributed by atoms with Gasteiger partial charge >= 0.3 is 0 Å². The summed E-state index contributed by atoms with van der Waals surface area (Å²) >= 11 is 1.56. The average molecular weight is 604 g/mol. The van der Waals surface area contributed by atoms with Gasteiger partial charge in [-0.3, -0.25) is 9.79 Å². The summed E-state index contributed by atoms with van der Waals surface area (Å²) in [4.78, 5) is 35.2. The Labute approximate surface area is 262 Å². The lowest BCUT2D eigenvalue weighted by Gasteiger charge is -2.31. The number of aliphatic imine (C=N–C) groups is 1. The number of nitrogens with one attached hydrogen (secondary N) is 1. The second-order valence-corrected chi connectivity index (χ2v) is 12.7. The quantitative estimate of drug-likeness (QED) is 0.274. The fourth-order valence-electron chi connectivity index (χ4n) is 6.02. The SMILES string of the molecule is C=C1C=CC(c2cccc3c2C(=O)C(CCC2=CC=CCC2C)C([C@H](C)Nc2nc(N)ncc2-c2csc(C)n2)=N3)=CN1C. The molecule has 3 aliphatic rings. The molecule has 0 radical (unpaired) electrons. The van der Waals surface area contributed by atoms with Crippen molar-refractivity contribution in [3.05, 3.63) is 100 Å². The lowest BCUT2D eigenvalue weighted by Crippen LogP contribution is -2.39. The van der Waals surface area contributed by atoms with Gasteiger partial charge in [0, 0.05) is 30.5 Å². The maximum Gasteiger partial charge on any atom is 0.221 e. The number of likely N-dealkylation sites (N-methyl/N-ethyl adjacent to an activating group) is 1. The number of aryl methyl sites for hydroxylation is 1. The maximum absolute atomic E-state index is 14.6. The topological polar surface area (TPSA) is 109 Å². The third-order valence-corrected chi connectivity index (χ3v) is 9.33. The monoisotopic (exact) mass is 603 g/mol. The van der Waals surface area contributed by atoms with Crippen LogP contribution < -0.4 is 11.1 Å². The van der Waals surface area contributed by atoms with Crippen LogP contribution in [-0.2, 0) is 0 Å². The van der Waals surface area contributed by atoms with Crippen LogP contribution in [0.3, 0.4) is 0 Å². The first-order valence-electron chi connectivity index (χ1n) is 14.9. The number of benzene rings is 1. The molecule has 3 aromatic rings. The highest BCUT2D eigenvalue weighted by atomic mass is 32.1. The molecule has 0 amide bonds. The van der Waals surface area contributed by atoms with Gasteiger partial charge in [-0.1, -0.05) is 55.5 Å². The number of Topliss-reactive ketones (excluding diaryl/α,β-unsaturated/α-hetero) is 1. The van der Waals surface area contributed by atoms with Gasteiger partial charge in [0.05, 0.1) is 45.2 Å². The zero-order valence-corrected chi connectivity index (χ0v) is 26.4. The van der Waals surface area contributed by atoms with Gasteiger partial charge in [-0.25, -0.2) is 9.97 Å². The molecule has 2 unspecified atom stereocenters. The number of nitrogens with two attached hydrogens (primary N) is 1. The molecule has 44 heavy (non-hydrogen) atoms. The van der Waals surface area contributed by atoms with Gasteiger partial charge in [0.15, 0.2) is 5.78 Å². The number of nitrogens with zero attached hydrogens (tertiary/aromatic N) is 5. The van der Waals surface area contributed by atoms with Crippen LogP contribution in [0.1, 0.15) is 54.0 Å². The summed E-state index contributed by atoms with van der Waals surface area (Å²) in [7, 11) is 1.96. The molecular weight excluding hydrogens is 567 g/mol. The Bertz CT molecular complexity index is 1790. The molecule has 6 rings (SSSR count). The van der Waals surface area contributed by atoms with E-state index in [0.29, 0.717) is 29.4 Å². The Kier molecular flexibility index (Phi) is 8.14. The summed E-state index contributed by atoms with van der Waals surface area (Å²) in [5, 5.41) is 6.46. The van der Waals surface area contributed by atoms with Crippen molar-refractivity contribution in [2.45, 2.75) is 46.1 Å². The van der Waals surface area contributed by atoms with E-state index in [1.54, 1.807) is 17.5 Å². The van der Waals surface area contributed by atoms with E-state index in [9.17, 15) is 4.79 Å². The van der Waals surface area contributed by atoms with Crippen molar-refractivity contribution in [1.29, 1.82) is 0 Å². The Morgan fingerprint density at radius 1 is 1.23 bits per heavy atom. The lowest BCUT2D eigenvalue weighted by atomic mass is 9.78. The van der Waals surface area contributed by atoms with Crippen LogP contribution in [0.4, 0.5) is 17.5 Å². The number of carbonyl (C=O) groups excluding carboxylic acids is 1. The maximum atomic E-state index is 14.6. The number of allylic oxidation sites excluding steroid dienone is 7. The Morgan fingerprint density at radius 2 is 2.07 bits per heavy atom. The van der Waals surface area contributed by atoms with Crippen LogP contribution in [0.5, 0.6) is 0 Å². The minimum Gasteiger partial charge on any atom is -0.368 e. The van der Waals surface area contributed by atoms with E-state index in [1.165, 1.54) is 5.57 Å². The summed E-state index contributed by atoms with van der Waals surface area (Å²) in [5.74, 6) is 0.865. The molecule has 4 heterocycles. The zero-order chi connectivity index (χ0) is 31.0. The van der Waals surface area contributed by atoms with Crippen molar-refractivity contribution in [2.75, 3.05) is 18.1 Å². The van der Waals surface area contributed by atoms with Gasteiger partial charge in [0.1, 0.15) is 5.82 Å². The first-order valence-corrected chi connectivity index (χ1v) is 15.8. The molecule has 0 fully saturated rings. The van der Waals surface area contributed by atoms with E-state index < -0.39 is 5.92 Å². The highest BCUT2D eigenvalue weighted by Crippen LogP contribution is 2.39. The molecule has 1 aromatic carbocycles. The van der Waals surface area contributed by atoms with E-state index >= 15 is 0 Å².